The molecule has 0 amide bonds. The van der Waals surface area contributed by atoms with Crippen molar-refractivity contribution < 1.29 is 9.31 Å². The van der Waals surface area contributed by atoms with E-state index in [4.69, 9.17) is 20.5 Å². The van der Waals surface area contributed by atoms with Crippen molar-refractivity contribution >= 4 is 24.1 Å². The first-order valence-electron chi connectivity index (χ1n) is 6.30. The van der Waals surface area contributed by atoms with E-state index in [-0.39, 0.29) is 11.2 Å². The Labute approximate surface area is 114 Å². The summed E-state index contributed by atoms with van der Waals surface area (Å²) in [6.07, 6.45) is 1.64. The maximum absolute atomic E-state index is 7.70. The first-order chi connectivity index (χ1) is 8.64. The van der Waals surface area contributed by atoms with Crippen LogP contribution in [0.25, 0.3) is 0 Å². The molecule has 0 saturated carbocycles. The zero-order chi connectivity index (χ0) is 14.4. The number of nitrogens with zero attached hydrogens (tertiary/aromatic N) is 1. The van der Waals surface area contributed by atoms with Gasteiger partial charge < -0.3 is 20.5 Å². The van der Waals surface area contributed by atoms with Gasteiger partial charge in [-0.25, -0.2) is 4.98 Å². The number of aromatic nitrogens is 1. The van der Waals surface area contributed by atoms with Gasteiger partial charge in [0, 0.05) is 22.9 Å². The third kappa shape index (κ3) is 2.38. The number of nitrogens with two attached hydrogens (primary N) is 1. The third-order valence-electron chi connectivity index (χ3n) is 3.87. The molecule has 0 atom stereocenters. The predicted molar refractivity (Wildman–Crippen MR) is 76.9 cm³/mol. The smallest absolute Gasteiger partial charge is 0.399 e. The number of hydrogen-bond acceptors (Lipinski definition) is 5. The summed E-state index contributed by atoms with van der Waals surface area (Å²) < 4.78 is 11.9. The molecule has 2 heterocycles. The van der Waals surface area contributed by atoms with Crippen molar-refractivity contribution in [1.29, 1.82) is 5.41 Å². The van der Waals surface area contributed by atoms with Crippen LogP contribution in [0.2, 0.25) is 0 Å². The van der Waals surface area contributed by atoms with Crippen LogP contribution < -0.4 is 11.2 Å². The van der Waals surface area contributed by atoms with Gasteiger partial charge in [0.15, 0.2) is 0 Å². The Bertz CT molecular complexity index is 513. The summed E-state index contributed by atoms with van der Waals surface area (Å²) in [5.74, 6) is 0.354. The Morgan fingerprint density at radius 1 is 1.26 bits per heavy atom. The second-order valence-electron chi connectivity index (χ2n) is 5.91. The molecule has 0 aromatic carbocycles. The average molecular weight is 261 g/mol. The first kappa shape index (κ1) is 14.0. The Kier molecular flexibility index (Phi) is 3.19. The molecule has 2 rings (SSSR count). The molecule has 0 unspecified atom stereocenters. The van der Waals surface area contributed by atoms with Gasteiger partial charge in [-0.2, -0.15) is 0 Å². The lowest BCUT2D eigenvalue weighted by atomic mass is 9.79. The first-order valence-corrected chi connectivity index (χ1v) is 6.30. The highest BCUT2D eigenvalue weighted by Gasteiger charge is 2.51. The quantitative estimate of drug-likeness (QED) is 0.622. The fourth-order valence-electron chi connectivity index (χ4n) is 1.90. The molecule has 102 valence electrons. The molecule has 1 fully saturated rings. The molecule has 1 aromatic rings. The third-order valence-corrected chi connectivity index (χ3v) is 3.87. The van der Waals surface area contributed by atoms with E-state index in [2.05, 4.69) is 4.98 Å². The Morgan fingerprint density at radius 2 is 1.79 bits per heavy atom. The van der Waals surface area contributed by atoms with E-state index in [0.717, 1.165) is 5.46 Å². The summed E-state index contributed by atoms with van der Waals surface area (Å²) in [5, 5.41) is 7.70. The van der Waals surface area contributed by atoms with Crippen LogP contribution >= 0.6 is 0 Å². The molecule has 1 aliphatic heterocycles. The van der Waals surface area contributed by atoms with Gasteiger partial charge in [0.2, 0.25) is 0 Å². The highest BCUT2D eigenvalue weighted by Crippen LogP contribution is 2.36. The summed E-state index contributed by atoms with van der Waals surface area (Å²) >= 11 is 0. The largest absolute Gasteiger partial charge is 0.496 e. The van der Waals surface area contributed by atoms with Crippen LogP contribution in [0.5, 0.6) is 0 Å². The van der Waals surface area contributed by atoms with Crippen LogP contribution in [0, 0.1) is 5.41 Å². The minimum absolute atomic E-state index is 0.354. The molecule has 6 heteroatoms. The summed E-state index contributed by atoms with van der Waals surface area (Å²) in [4.78, 5) is 4.12. The topological polar surface area (TPSA) is 81.2 Å². The number of pyridine rings is 1. The summed E-state index contributed by atoms with van der Waals surface area (Å²) in [7, 11) is -0.476. The highest BCUT2D eigenvalue weighted by atomic mass is 16.7. The van der Waals surface area contributed by atoms with Crippen LogP contribution in [-0.4, -0.2) is 29.0 Å². The number of nitrogen functional groups attached to an aromatic ring is 1. The summed E-state index contributed by atoms with van der Waals surface area (Å²) in [5.41, 5.74) is 6.76. The number of hydrogen-bond donors (Lipinski definition) is 2. The van der Waals surface area contributed by atoms with E-state index >= 15 is 0 Å². The molecule has 0 bridgehead atoms. The van der Waals surface area contributed by atoms with Crippen molar-refractivity contribution in [3.8, 4) is 0 Å². The van der Waals surface area contributed by atoms with Gasteiger partial charge >= 0.3 is 7.12 Å². The van der Waals surface area contributed by atoms with E-state index in [0.29, 0.717) is 17.1 Å². The maximum atomic E-state index is 7.70. The molecule has 1 saturated heterocycles. The van der Waals surface area contributed by atoms with E-state index in [1.54, 1.807) is 13.1 Å². The van der Waals surface area contributed by atoms with Crippen molar-refractivity contribution in [2.45, 2.75) is 45.8 Å². The standard InChI is InChI=1S/C13H20BN3O2/c1-8(15)10-6-9(7-17-11(10)16)14-18-12(2,3)13(4,5)19-14/h6-7,15H,1-5H3,(H2,16,17). The van der Waals surface area contributed by atoms with E-state index in [1.807, 2.05) is 33.8 Å². The maximum Gasteiger partial charge on any atom is 0.496 e. The lowest BCUT2D eigenvalue weighted by Crippen LogP contribution is -2.41. The predicted octanol–water partition coefficient (Wildman–Crippen LogP) is 1.35. The van der Waals surface area contributed by atoms with E-state index in [9.17, 15) is 0 Å². The molecule has 5 nitrogen and oxygen atoms in total. The van der Waals surface area contributed by atoms with E-state index in [1.165, 1.54) is 0 Å². The summed E-state index contributed by atoms with van der Waals surface area (Å²) in [6, 6.07) is 1.81. The lowest BCUT2D eigenvalue weighted by Gasteiger charge is -2.32. The fourth-order valence-corrected chi connectivity index (χ4v) is 1.90. The van der Waals surface area contributed by atoms with Crippen LogP contribution in [0.4, 0.5) is 5.82 Å². The minimum Gasteiger partial charge on any atom is -0.399 e. The van der Waals surface area contributed by atoms with Crippen LogP contribution in [0.3, 0.4) is 0 Å². The molecule has 0 aliphatic carbocycles. The molecule has 1 aromatic heterocycles. The van der Waals surface area contributed by atoms with Gasteiger partial charge in [-0.3, -0.25) is 0 Å². The van der Waals surface area contributed by atoms with Crippen molar-refractivity contribution in [3.05, 3.63) is 17.8 Å². The number of rotatable bonds is 2. The fraction of sp³-hybridized carbons (Fsp3) is 0.538. The number of anilines is 1. The van der Waals surface area contributed by atoms with Gasteiger partial charge in [-0.1, -0.05) is 0 Å². The zero-order valence-electron chi connectivity index (χ0n) is 12.1. The van der Waals surface area contributed by atoms with Gasteiger partial charge in [-0.05, 0) is 40.7 Å². The highest BCUT2D eigenvalue weighted by molar-refractivity contribution is 6.62. The minimum atomic E-state index is -0.476. The van der Waals surface area contributed by atoms with Gasteiger partial charge in [0.25, 0.3) is 0 Å². The Morgan fingerprint density at radius 3 is 2.26 bits per heavy atom. The van der Waals surface area contributed by atoms with Crippen molar-refractivity contribution in [1.82, 2.24) is 4.98 Å². The summed E-state index contributed by atoms with van der Waals surface area (Å²) in [6.45, 7) is 9.68. The van der Waals surface area contributed by atoms with Crippen molar-refractivity contribution in [2.24, 2.45) is 0 Å². The molecule has 3 N–H and O–H groups in total. The van der Waals surface area contributed by atoms with Gasteiger partial charge in [-0.15, -0.1) is 0 Å². The molecule has 1 aliphatic rings. The zero-order valence-corrected chi connectivity index (χ0v) is 12.1. The SMILES string of the molecule is CC(=N)c1cc(B2OC(C)(C)C(C)(C)O2)cnc1N. The molecule has 19 heavy (non-hydrogen) atoms. The Hall–Kier alpha value is -1.40. The van der Waals surface area contributed by atoms with Crippen molar-refractivity contribution in [3.63, 3.8) is 0 Å². The molecule has 0 radical (unpaired) electrons. The monoisotopic (exact) mass is 261 g/mol. The van der Waals surface area contributed by atoms with Crippen LogP contribution in [-0.2, 0) is 9.31 Å². The average Bonchev–Trinajstić information content (AvgIpc) is 2.48. The lowest BCUT2D eigenvalue weighted by molar-refractivity contribution is 0.00578. The van der Waals surface area contributed by atoms with Crippen LogP contribution in [0.15, 0.2) is 12.3 Å². The van der Waals surface area contributed by atoms with Gasteiger partial charge in [0.05, 0.1) is 11.2 Å². The molecular formula is C13H20BN3O2. The molecule has 0 spiro atoms. The normalized spacial score (nSPS) is 20.6. The van der Waals surface area contributed by atoms with E-state index < -0.39 is 7.12 Å². The van der Waals surface area contributed by atoms with Crippen molar-refractivity contribution in [2.75, 3.05) is 5.73 Å². The second kappa shape index (κ2) is 4.32. The van der Waals surface area contributed by atoms with Gasteiger partial charge in [0.1, 0.15) is 5.82 Å². The second-order valence-corrected chi connectivity index (χ2v) is 5.91. The van der Waals surface area contributed by atoms with Crippen LogP contribution in [0.1, 0.15) is 40.2 Å². The Balaban J connectivity index is 2.35. The number of nitrogens with one attached hydrogen (secondary N) is 1. The molecular weight excluding hydrogens is 241 g/mol.